The lowest BCUT2D eigenvalue weighted by Gasteiger charge is -2.13. The third-order valence-electron chi connectivity index (χ3n) is 6.01. The predicted molar refractivity (Wildman–Crippen MR) is 139 cm³/mol. The Morgan fingerprint density at radius 1 is 1.03 bits per heavy atom. The van der Waals surface area contributed by atoms with Gasteiger partial charge in [0.05, 0.1) is 11.4 Å². The average molecular weight is 471 g/mol. The molecule has 6 nitrogen and oxygen atoms in total. The van der Waals surface area contributed by atoms with E-state index in [0.717, 1.165) is 49.0 Å². The monoisotopic (exact) mass is 470 g/mol. The summed E-state index contributed by atoms with van der Waals surface area (Å²) in [5.74, 6) is 1.88. The van der Waals surface area contributed by atoms with Crippen molar-refractivity contribution >= 4 is 11.8 Å². The van der Waals surface area contributed by atoms with Crippen LogP contribution in [0.2, 0.25) is 0 Å². The molecule has 7 heteroatoms. The molecule has 174 valence electrons. The average Bonchev–Trinajstić information content (AvgIpc) is 3.48. The van der Waals surface area contributed by atoms with E-state index < -0.39 is 0 Å². The van der Waals surface area contributed by atoms with Gasteiger partial charge in [0.25, 0.3) is 0 Å². The summed E-state index contributed by atoms with van der Waals surface area (Å²) in [6, 6.07) is 17.3. The normalized spacial score (nSPS) is 16.1. The van der Waals surface area contributed by atoms with Crippen molar-refractivity contribution in [3.8, 4) is 11.4 Å². The lowest BCUT2D eigenvalue weighted by atomic mass is 10.0. The zero-order valence-corrected chi connectivity index (χ0v) is 20.5. The molecule has 0 radical (unpaired) electrons. The van der Waals surface area contributed by atoms with Crippen molar-refractivity contribution < 1.29 is 0 Å². The van der Waals surface area contributed by atoms with Crippen LogP contribution in [0.3, 0.4) is 0 Å². The Kier molecular flexibility index (Phi) is 6.83. The molecule has 0 fully saturated rings. The van der Waals surface area contributed by atoms with Gasteiger partial charge in [-0.15, -0.1) is 11.8 Å². The van der Waals surface area contributed by atoms with Crippen molar-refractivity contribution in [3.05, 3.63) is 106 Å². The number of allylic oxidation sites excluding steroid dienone is 1. The van der Waals surface area contributed by atoms with Gasteiger partial charge < -0.3 is 15.2 Å². The molecule has 0 aliphatic carbocycles. The van der Waals surface area contributed by atoms with Gasteiger partial charge in [-0.25, -0.2) is 9.67 Å². The molecular formula is C27H30N6S. The highest BCUT2D eigenvalue weighted by molar-refractivity contribution is 8.03. The third-order valence-corrected chi connectivity index (χ3v) is 6.99. The van der Waals surface area contributed by atoms with E-state index in [4.69, 9.17) is 0 Å². The summed E-state index contributed by atoms with van der Waals surface area (Å²) in [6.07, 6.45) is 9.95. The maximum absolute atomic E-state index is 4.56. The van der Waals surface area contributed by atoms with Gasteiger partial charge in [0.2, 0.25) is 0 Å². The number of hydrogen-bond acceptors (Lipinski definition) is 5. The van der Waals surface area contributed by atoms with Crippen LogP contribution in [0, 0.1) is 13.8 Å². The predicted octanol–water partition coefficient (Wildman–Crippen LogP) is 4.68. The third kappa shape index (κ3) is 5.26. The van der Waals surface area contributed by atoms with Gasteiger partial charge in [-0.3, -0.25) is 0 Å². The lowest BCUT2D eigenvalue weighted by Crippen LogP contribution is -2.15. The molecule has 1 aliphatic heterocycles. The topological polar surface area (TPSA) is 59.7 Å². The fraction of sp³-hybridized carbons (Fsp3) is 0.259. The summed E-state index contributed by atoms with van der Waals surface area (Å²) in [5.41, 5.74) is 7.31. The van der Waals surface area contributed by atoms with E-state index in [-0.39, 0.29) is 0 Å². The molecule has 2 aromatic carbocycles. The van der Waals surface area contributed by atoms with Gasteiger partial charge in [0, 0.05) is 60.8 Å². The molecule has 0 saturated heterocycles. The Balaban J connectivity index is 1.28. The highest BCUT2D eigenvalue weighted by Gasteiger charge is 2.10. The number of rotatable bonds is 4. The van der Waals surface area contributed by atoms with E-state index in [1.807, 2.05) is 41.8 Å². The van der Waals surface area contributed by atoms with E-state index in [1.165, 1.54) is 27.3 Å². The van der Waals surface area contributed by atoms with Gasteiger partial charge in [-0.2, -0.15) is 5.10 Å². The molecule has 2 aromatic heterocycles. The van der Waals surface area contributed by atoms with Gasteiger partial charge in [0.1, 0.15) is 5.82 Å². The molecule has 0 bridgehead atoms. The number of nitrogens with one attached hydrogen (secondary N) is 2. The SMILES string of the molecule is Cc1cn(-c2ccc3c(c2)CNCS/C(Cc2cccc(-n4cccn4)c2)=C\NCC3)c(C)n1. The van der Waals surface area contributed by atoms with Crippen molar-refractivity contribution in [1.29, 1.82) is 0 Å². The largest absolute Gasteiger partial charge is 0.390 e. The molecular weight excluding hydrogens is 440 g/mol. The van der Waals surface area contributed by atoms with E-state index in [2.05, 4.69) is 87.1 Å². The molecule has 34 heavy (non-hydrogen) atoms. The highest BCUT2D eigenvalue weighted by Crippen LogP contribution is 2.23. The summed E-state index contributed by atoms with van der Waals surface area (Å²) < 4.78 is 4.07. The van der Waals surface area contributed by atoms with Gasteiger partial charge >= 0.3 is 0 Å². The van der Waals surface area contributed by atoms with Gasteiger partial charge in [-0.1, -0.05) is 18.2 Å². The Morgan fingerprint density at radius 3 is 2.79 bits per heavy atom. The lowest BCUT2D eigenvalue weighted by molar-refractivity contribution is 0.769. The second-order valence-corrected chi connectivity index (χ2v) is 9.68. The second-order valence-electron chi connectivity index (χ2n) is 8.58. The van der Waals surface area contributed by atoms with Crippen LogP contribution in [0.4, 0.5) is 0 Å². The fourth-order valence-corrected chi connectivity index (χ4v) is 5.17. The number of nitrogens with zero attached hydrogens (tertiary/aromatic N) is 4. The first kappa shape index (κ1) is 22.5. The maximum atomic E-state index is 4.56. The number of benzene rings is 2. The smallest absolute Gasteiger partial charge is 0.110 e. The minimum Gasteiger partial charge on any atom is -0.390 e. The number of fused-ring (bicyclic) bond motifs is 1. The van der Waals surface area contributed by atoms with E-state index in [0.29, 0.717) is 0 Å². The first-order valence-electron chi connectivity index (χ1n) is 11.7. The molecule has 0 unspecified atom stereocenters. The summed E-state index contributed by atoms with van der Waals surface area (Å²) >= 11 is 1.86. The molecule has 0 saturated carbocycles. The molecule has 0 amide bonds. The van der Waals surface area contributed by atoms with Crippen LogP contribution in [-0.4, -0.2) is 31.8 Å². The van der Waals surface area contributed by atoms with Crippen molar-refractivity contribution in [2.24, 2.45) is 0 Å². The Bertz CT molecular complexity index is 1290. The van der Waals surface area contributed by atoms with Crippen molar-refractivity contribution in [2.45, 2.75) is 33.2 Å². The first-order valence-corrected chi connectivity index (χ1v) is 12.6. The molecule has 5 rings (SSSR count). The summed E-state index contributed by atoms with van der Waals surface area (Å²) in [4.78, 5) is 5.88. The van der Waals surface area contributed by atoms with E-state index in [9.17, 15) is 0 Å². The molecule has 0 spiro atoms. The molecule has 2 N–H and O–H groups in total. The summed E-state index contributed by atoms with van der Waals surface area (Å²) in [6.45, 7) is 5.86. The zero-order valence-electron chi connectivity index (χ0n) is 19.7. The second kappa shape index (κ2) is 10.3. The number of imidazole rings is 1. The standard InChI is InChI=1S/C27H30N6S/c1-20-18-32(21(2)31-20)25-8-7-23-9-11-28-17-27(34-19-29-16-24(23)15-25)14-22-5-3-6-26(13-22)33-12-4-10-30-33/h3-8,10,12-13,15,17-18,28-29H,9,11,14,16,19H2,1-2H3/b27-17-. The van der Waals surface area contributed by atoms with Crippen molar-refractivity contribution in [2.75, 3.05) is 12.4 Å². The summed E-state index contributed by atoms with van der Waals surface area (Å²) in [5, 5.41) is 11.5. The van der Waals surface area contributed by atoms with Crippen LogP contribution >= 0.6 is 11.8 Å². The van der Waals surface area contributed by atoms with Crippen molar-refractivity contribution in [1.82, 2.24) is 30.0 Å². The van der Waals surface area contributed by atoms with Crippen LogP contribution in [0.1, 0.15) is 28.2 Å². The maximum Gasteiger partial charge on any atom is 0.110 e. The Morgan fingerprint density at radius 2 is 1.97 bits per heavy atom. The zero-order chi connectivity index (χ0) is 23.3. The van der Waals surface area contributed by atoms with E-state index >= 15 is 0 Å². The number of hydrogen-bond donors (Lipinski definition) is 2. The minimum absolute atomic E-state index is 0.852. The fourth-order valence-electron chi connectivity index (χ4n) is 4.35. The van der Waals surface area contributed by atoms with Gasteiger partial charge in [0.15, 0.2) is 0 Å². The minimum atomic E-state index is 0.852. The number of thioether (sulfide) groups is 1. The van der Waals surface area contributed by atoms with Gasteiger partial charge in [-0.05, 0) is 67.3 Å². The van der Waals surface area contributed by atoms with E-state index in [1.54, 1.807) is 0 Å². The molecule has 3 heterocycles. The molecule has 1 aliphatic rings. The highest BCUT2D eigenvalue weighted by atomic mass is 32.2. The molecule has 4 aromatic rings. The van der Waals surface area contributed by atoms with Crippen LogP contribution in [0.25, 0.3) is 11.4 Å². The number of aromatic nitrogens is 4. The van der Waals surface area contributed by atoms with Crippen LogP contribution in [-0.2, 0) is 19.4 Å². The first-order chi connectivity index (χ1) is 16.7. The van der Waals surface area contributed by atoms with Crippen molar-refractivity contribution in [3.63, 3.8) is 0 Å². The summed E-state index contributed by atoms with van der Waals surface area (Å²) in [7, 11) is 0. The number of aryl methyl sites for hydroxylation is 2. The van der Waals surface area contributed by atoms with Crippen LogP contribution in [0.5, 0.6) is 0 Å². The van der Waals surface area contributed by atoms with Crippen LogP contribution < -0.4 is 10.6 Å². The van der Waals surface area contributed by atoms with Crippen LogP contribution in [0.15, 0.2) is 78.2 Å². The Labute approximate surface area is 205 Å². The Hall–Kier alpha value is -3.29. The molecule has 0 atom stereocenters. The quantitative estimate of drug-likeness (QED) is 0.453.